The molecule has 0 radical (unpaired) electrons. The summed E-state index contributed by atoms with van der Waals surface area (Å²) in [4.78, 5) is 0. The lowest BCUT2D eigenvalue weighted by atomic mass is 10.0. The minimum absolute atomic E-state index is 0.246. The monoisotopic (exact) mass is 307 g/mol. The summed E-state index contributed by atoms with van der Waals surface area (Å²) < 4.78 is 0. The van der Waals surface area contributed by atoms with E-state index in [4.69, 9.17) is 23.2 Å². The maximum atomic E-state index is 6.06. The molecule has 2 atom stereocenters. The van der Waals surface area contributed by atoms with Crippen LogP contribution in [0.5, 0.6) is 0 Å². The number of rotatable bonds is 5. The fraction of sp³-hybridized carbons (Fsp3) is 0.294. The van der Waals surface area contributed by atoms with Crippen molar-refractivity contribution in [1.82, 2.24) is 5.32 Å². The van der Waals surface area contributed by atoms with Crippen LogP contribution in [-0.4, -0.2) is 6.54 Å². The van der Waals surface area contributed by atoms with Gasteiger partial charge >= 0.3 is 0 Å². The number of benzene rings is 2. The second-order valence-corrected chi connectivity index (χ2v) is 5.93. The van der Waals surface area contributed by atoms with E-state index in [0.717, 1.165) is 12.1 Å². The van der Waals surface area contributed by atoms with Crippen molar-refractivity contribution in [2.75, 3.05) is 6.54 Å². The topological polar surface area (TPSA) is 12.0 Å². The Morgan fingerprint density at radius 1 is 0.900 bits per heavy atom. The molecule has 2 rings (SSSR count). The molecule has 0 heterocycles. The van der Waals surface area contributed by atoms with Gasteiger partial charge in [-0.3, -0.25) is 0 Å². The molecule has 0 aliphatic rings. The molecule has 0 saturated heterocycles. The van der Waals surface area contributed by atoms with Gasteiger partial charge in [0.2, 0.25) is 0 Å². The lowest BCUT2D eigenvalue weighted by molar-refractivity contribution is 0.537. The predicted molar refractivity (Wildman–Crippen MR) is 87.7 cm³/mol. The van der Waals surface area contributed by atoms with E-state index in [1.54, 1.807) is 0 Å². The minimum atomic E-state index is 0.246. The van der Waals surface area contributed by atoms with Crippen LogP contribution in [0, 0.1) is 0 Å². The van der Waals surface area contributed by atoms with E-state index < -0.39 is 0 Å². The molecule has 0 amide bonds. The molecule has 2 aromatic carbocycles. The third-order valence-electron chi connectivity index (χ3n) is 3.54. The molecule has 0 spiro atoms. The lowest BCUT2D eigenvalue weighted by Gasteiger charge is -2.19. The van der Waals surface area contributed by atoms with Crippen LogP contribution in [0.2, 0.25) is 10.0 Å². The molecule has 20 heavy (non-hydrogen) atoms. The predicted octanol–water partition coefficient (Wildman–Crippen LogP) is 5.45. The molecular weight excluding hydrogens is 289 g/mol. The van der Waals surface area contributed by atoms with Gasteiger partial charge in [0.15, 0.2) is 0 Å². The van der Waals surface area contributed by atoms with Crippen LogP contribution in [0.15, 0.2) is 48.5 Å². The fourth-order valence-corrected chi connectivity index (χ4v) is 2.46. The maximum absolute atomic E-state index is 6.06. The standard InChI is InChI=1S/C17H19Cl2N/c1-12(14-6-4-3-5-7-14)11-20-13(2)15-8-9-16(18)17(19)10-15/h3-10,12-13,20H,11H2,1-2H3. The van der Waals surface area contributed by atoms with Crippen LogP contribution in [0.3, 0.4) is 0 Å². The Hall–Kier alpha value is -1.02. The summed E-state index contributed by atoms with van der Waals surface area (Å²) in [6.07, 6.45) is 0. The number of hydrogen-bond donors (Lipinski definition) is 1. The molecule has 0 bridgehead atoms. The van der Waals surface area contributed by atoms with Crippen molar-refractivity contribution in [2.24, 2.45) is 0 Å². The second-order valence-electron chi connectivity index (χ2n) is 5.12. The first-order valence-electron chi connectivity index (χ1n) is 6.81. The average Bonchev–Trinajstić information content (AvgIpc) is 2.48. The van der Waals surface area contributed by atoms with Crippen molar-refractivity contribution in [3.05, 3.63) is 69.7 Å². The lowest BCUT2D eigenvalue weighted by Crippen LogP contribution is -2.23. The summed E-state index contributed by atoms with van der Waals surface area (Å²) >= 11 is 12.0. The average molecular weight is 308 g/mol. The van der Waals surface area contributed by atoms with Gasteiger partial charge in [0, 0.05) is 12.6 Å². The van der Waals surface area contributed by atoms with Gasteiger partial charge in [0.25, 0.3) is 0 Å². The van der Waals surface area contributed by atoms with E-state index in [-0.39, 0.29) is 6.04 Å². The SMILES string of the molecule is CC(CNC(C)c1ccc(Cl)c(Cl)c1)c1ccccc1. The van der Waals surface area contributed by atoms with Crippen molar-refractivity contribution in [3.8, 4) is 0 Å². The van der Waals surface area contributed by atoms with Crippen LogP contribution < -0.4 is 5.32 Å². The zero-order valence-corrected chi connectivity index (χ0v) is 13.2. The van der Waals surface area contributed by atoms with Gasteiger partial charge in [-0.05, 0) is 36.1 Å². The highest BCUT2D eigenvalue weighted by atomic mass is 35.5. The van der Waals surface area contributed by atoms with E-state index in [9.17, 15) is 0 Å². The molecule has 106 valence electrons. The smallest absolute Gasteiger partial charge is 0.0595 e. The first-order valence-corrected chi connectivity index (χ1v) is 7.57. The van der Waals surface area contributed by atoms with Crippen molar-refractivity contribution >= 4 is 23.2 Å². The van der Waals surface area contributed by atoms with E-state index in [1.165, 1.54) is 5.56 Å². The molecule has 0 aliphatic heterocycles. The summed E-state index contributed by atoms with van der Waals surface area (Å²) in [5.74, 6) is 0.474. The second kappa shape index (κ2) is 7.12. The molecule has 0 fully saturated rings. The van der Waals surface area contributed by atoms with Crippen LogP contribution >= 0.6 is 23.2 Å². The molecule has 0 saturated carbocycles. The van der Waals surface area contributed by atoms with Crippen molar-refractivity contribution < 1.29 is 0 Å². The summed E-state index contributed by atoms with van der Waals surface area (Å²) in [6.45, 7) is 5.28. The normalized spacial score (nSPS) is 14.0. The number of hydrogen-bond acceptors (Lipinski definition) is 1. The first-order chi connectivity index (χ1) is 9.58. The van der Waals surface area contributed by atoms with Gasteiger partial charge < -0.3 is 5.32 Å². The molecule has 3 heteroatoms. The number of nitrogens with one attached hydrogen (secondary N) is 1. The Balaban J connectivity index is 1.95. The van der Waals surface area contributed by atoms with Crippen molar-refractivity contribution in [2.45, 2.75) is 25.8 Å². The highest BCUT2D eigenvalue weighted by Gasteiger charge is 2.10. The van der Waals surface area contributed by atoms with Gasteiger partial charge in [-0.25, -0.2) is 0 Å². The van der Waals surface area contributed by atoms with Crippen LogP contribution in [0.4, 0.5) is 0 Å². The van der Waals surface area contributed by atoms with Gasteiger partial charge in [-0.15, -0.1) is 0 Å². The van der Waals surface area contributed by atoms with Crippen LogP contribution in [0.25, 0.3) is 0 Å². The molecule has 2 aromatic rings. The maximum Gasteiger partial charge on any atom is 0.0595 e. The zero-order valence-electron chi connectivity index (χ0n) is 11.7. The third kappa shape index (κ3) is 3.99. The fourth-order valence-electron chi connectivity index (χ4n) is 2.15. The Morgan fingerprint density at radius 2 is 1.60 bits per heavy atom. The minimum Gasteiger partial charge on any atom is -0.310 e. The first kappa shape index (κ1) is 15.4. The van der Waals surface area contributed by atoms with E-state index in [0.29, 0.717) is 16.0 Å². The Kier molecular flexibility index (Phi) is 5.47. The van der Waals surface area contributed by atoms with E-state index in [2.05, 4.69) is 43.4 Å². The number of halogens is 2. The third-order valence-corrected chi connectivity index (χ3v) is 4.28. The van der Waals surface area contributed by atoms with Gasteiger partial charge in [0.1, 0.15) is 0 Å². The Morgan fingerprint density at radius 3 is 2.25 bits per heavy atom. The highest BCUT2D eigenvalue weighted by Crippen LogP contribution is 2.25. The highest BCUT2D eigenvalue weighted by molar-refractivity contribution is 6.42. The van der Waals surface area contributed by atoms with Gasteiger partial charge in [0.05, 0.1) is 10.0 Å². The molecule has 1 nitrogen and oxygen atoms in total. The van der Waals surface area contributed by atoms with Crippen molar-refractivity contribution in [1.29, 1.82) is 0 Å². The molecule has 1 N–H and O–H groups in total. The summed E-state index contributed by atoms with van der Waals surface area (Å²) in [5.41, 5.74) is 2.50. The van der Waals surface area contributed by atoms with E-state index in [1.807, 2.05) is 24.3 Å². The summed E-state index contributed by atoms with van der Waals surface area (Å²) in [7, 11) is 0. The van der Waals surface area contributed by atoms with Gasteiger partial charge in [-0.1, -0.05) is 66.5 Å². The van der Waals surface area contributed by atoms with E-state index >= 15 is 0 Å². The molecule has 2 unspecified atom stereocenters. The summed E-state index contributed by atoms with van der Waals surface area (Å²) in [6, 6.07) is 16.6. The van der Waals surface area contributed by atoms with Gasteiger partial charge in [-0.2, -0.15) is 0 Å². The molecular formula is C17H19Cl2N. The molecule has 0 aliphatic carbocycles. The Bertz CT molecular complexity index is 554. The van der Waals surface area contributed by atoms with Crippen molar-refractivity contribution in [3.63, 3.8) is 0 Å². The Labute approximate surface area is 130 Å². The zero-order chi connectivity index (χ0) is 14.5. The quantitative estimate of drug-likeness (QED) is 0.774. The largest absolute Gasteiger partial charge is 0.310 e. The summed E-state index contributed by atoms with van der Waals surface area (Å²) in [5, 5.41) is 4.75. The van der Waals surface area contributed by atoms with Crippen LogP contribution in [-0.2, 0) is 0 Å². The van der Waals surface area contributed by atoms with Crippen LogP contribution in [0.1, 0.15) is 36.9 Å². The molecule has 0 aromatic heterocycles.